The van der Waals surface area contributed by atoms with Crippen molar-refractivity contribution in [3.63, 3.8) is 0 Å². The summed E-state index contributed by atoms with van der Waals surface area (Å²) in [6.45, 7) is 3.52. The Balaban J connectivity index is 1.72. The summed E-state index contributed by atoms with van der Waals surface area (Å²) < 4.78 is 0. The van der Waals surface area contributed by atoms with Gasteiger partial charge in [0.25, 0.3) is 11.8 Å². The molecule has 0 bridgehead atoms. The maximum Gasteiger partial charge on any atom is 0.269 e. The number of aromatic nitrogens is 1. The quantitative estimate of drug-likeness (QED) is 0.797. The van der Waals surface area contributed by atoms with Crippen LogP contribution in [0.3, 0.4) is 0 Å². The van der Waals surface area contributed by atoms with Crippen LogP contribution in [0.5, 0.6) is 0 Å². The van der Waals surface area contributed by atoms with Gasteiger partial charge in [-0.15, -0.1) is 0 Å². The Bertz CT molecular complexity index is 834. The van der Waals surface area contributed by atoms with E-state index in [1.165, 1.54) is 11.8 Å². The van der Waals surface area contributed by atoms with Crippen LogP contribution in [0.2, 0.25) is 0 Å². The Kier molecular flexibility index (Phi) is 5.86. The van der Waals surface area contributed by atoms with Gasteiger partial charge < -0.3 is 15.1 Å². The maximum absolute atomic E-state index is 13.1. The number of hydrogen-bond donors (Lipinski definition) is 1. The van der Waals surface area contributed by atoms with Crippen LogP contribution in [-0.2, 0) is 6.42 Å². The van der Waals surface area contributed by atoms with E-state index in [1.807, 2.05) is 44.1 Å². The highest BCUT2D eigenvalue weighted by Crippen LogP contribution is 2.33. The summed E-state index contributed by atoms with van der Waals surface area (Å²) in [4.78, 5) is 33.4. The lowest BCUT2D eigenvalue weighted by molar-refractivity contribution is 0.0947. The molecular weight excluding hydrogens is 340 g/mol. The molecule has 0 radical (unpaired) electrons. The van der Waals surface area contributed by atoms with E-state index < -0.39 is 0 Å². The first-order chi connectivity index (χ1) is 13.0. The van der Waals surface area contributed by atoms with Gasteiger partial charge in [0, 0.05) is 30.0 Å². The number of fused-ring (bicyclic) bond motifs is 1. The van der Waals surface area contributed by atoms with Crippen molar-refractivity contribution in [3.05, 3.63) is 59.4 Å². The number of nitrogens with one attached hydrogen (secondary N) is 1. The lowest BCUT2D eigenvalue weighted by Crippen LogP contribution is -2.36. The minimum Gasteiger partial charge on any atom is -0.351 e. The third kappa shape index (κ3) is 4.34. The first-order valence-electron chi connectivity index (χ1n) is 9.28. The largest absolute Gasteiger partial charge is 0.351 e. The molecule has 6 heteroatoms. The summed E-state index contributed by atoms with van der Waals surface area (Å²) in [5, 5.41) is 2.86. The van der Waals surface area contributed by atoms with Gasteiger partial charge in [-0.05, 0) is 64.2 Å². The molecule has 0 spiro atoms. The first-order valence-corrected chi connectivity index (χ1v) is 9.28. The highest BCUT2D eigenvalue weighted by atomic mass is 16.2. The second kappa shape index (κ2) is 8.31. The van der Waals surface area contributed by atoms with Crippen molar-refractivity contribution in [1.82, 2.24) is 15.2 Å². The third-order valence-corrected chi connectivity index (χ3v) is 4.73. The SMILES string of the molecule is CC1Cc2ccccc2N1C(=O)c1ccnc(C(=O)NCCCN(C)C)c1. The van der Waals surface area contributed by atoms with Crippen LogP contribution in [0.1, 0.15) is 39.8 Å². The molecule has 1 unspecified atom stereocenters. The van der Waals surface area contributed by atoms with Gasteiger partial charge in [0.2, 0.25) is 0 Å². The van der Waals surface area contributed by atoms with Crippen LogP contribution >= 0.6 is 0 Å². The van der Waals surface area contributed by atoms with Gasteiger partial charge in [-0.3, -0.25) is 14.6 Å². The predicted octanol–water partition coefficient (Wildman–Crippen LogP) is 2.35. The fourth-order valence-corrected chi connectivity index (χ4v) is 3.39. The van der Waals surface area contributed by atoms with Gasteiger partial charge in [0.1, 0.15) is 5.69 Å². The second-order valence-electron chi connectivity index (χ2n) is 7.20. The minimum absolute atomic E-state index is 0.0892. The highest BCUT2D eigenvalue weighted by Gasteiger charge is 2.31. The minimum atomic E-state index is -0.252. The van der Waals surface area contributed by atoms with Gasteiger partial charge in [0.05, 0.1) is 0 Å². The van der Waals surface area contributed by atoms with Gasteiger partial charge in [-0.1, -0.05) is 18.2 Å². The number of anilines is 1. The number of amides is 2. The number of pyridine rings is 1. The molecule has 1 aromatic heterocycles. The number of carbonyl (C=O) groups is 2. The van der Waals surface area contributed by atoms with Crippen LogP contribution in [0.15, 0.2) is 42.6 Å². The number of rotatable bonds is 6. The summed E-state index contributed by atoms with van der Waals surface area (Å²) in [6, 6.07) is 11.3. The molecule has 1 aliphatic rings. The Morgan fingerprint density at radius 1 is 1.26 bits per heavy atom. The summed E-state index contributed by atoms with van der Waals surface area (Å²) in [5.74, 6) is -0.352. The van der Waals surface area contributed by atoms with Gasteiger partial charge >= 0.3 is 0 Å². The zero-order valence-electron chi connectivity index (χ0n) is 16.1. The molecule has 3 rings (SSSR count). The Morgan fingerprint density at radius 3 is 2.81 bits per heavy atom. The van der Waals surface area contributed by atoms with E-state index in [-0.39, 0.29) is 23.6 Å². The molecule has 2 amide bonds. The molecule has 27 heavy (non-hydrogen) atoms. The molecule has 6 nitrogen and oxygen atoms in total. The molecule has 0 saturated carbocycles. The predicted molar refractivity (Wildman–Crippen MR) is 106 cm³/mol. The van der Waals surface area contributed by atoms with Crippen LogP contribution < -0.4 is 10.2 Å². The number of benzene rings is 1. The maximum atomic E-state index is 13.1. The average molecular weight is 366 g/mol. The van der Waals surface area contributed by atoms with E-state index >= 15 is 0 Å². The molecule has 1 aromatic carbocycles. The Hall–Kier alpha value is -2.73. The van der Waals surface area contributed by atoms with Crippen molar-refractivity contribution in [2.45, 2.75) is 25.8 Å². The second-order valence-corrected chi connectivity index (χ2v) is 7.20. The van der Waals surface area contributed by atoms with Gasteiger partial charge in [0.15, 0.2) is 0 Å². The lowest BCUT2D eigenvalue weighted by atomic mass is 10.1. The van der Waals surface area contributed by atoms with E-state index in [0.29, 0.717) is 12.1 Å². The Morgan fingerprint density at radius 2 is 2.04 bits per heavy atom. The third-order valence-electron chi connectivity index (χ3n) is 4.73. The van der Waals surface area contributed by atoms with Crippen molar-refractivity contribution < 1.29 is 9.59 Å². The molecule has 0 saturated heterocycles. The first kappa shape index (κ1) is 19.0. The lowest BCUT2D eigenvalue weighted by Gasteiger charge is -2.23. The summed E-state index contributed by atoms with van der Waals surface area (Å²) in [6.07, 6.45) is 3.22. The fourth-order valence-electron chi connectivity index (χ4n) is 3.39. The number of para-hydroxylation sites is 1. The smallest absolute Gasteiger partial charge is 0.269 e. The molecule has 1 N–H and O–H groups in total. The van der Waals surface area contributed by atoms with Gasteiger partial charge in [-0.25, -0.2) is 0 Å². The zero-order chi connectivity index (χ0) is 19.4. The molecule has 142 valence electrons. The molecule has 1 atom stereocenters. The summed E-state index contributed by atoms with van der Waals surface area (Å²) in [7, 11) is 3.99. The molecule has 2 heterocycles. The number of carbonyl (C=O) groups excluding carboxylic acids is 2. The summed E-state index contributed by atoms with van der Waals surface area (Å²) >= 11 is 0. The molecule has 1 aliphatic heterocycles. The molecule has 0 aliphatic carbocycles. The molecular formula is C21H26N4O2. The fraction of sp³-hybridized carbons (Fsp3) is 0.381. The molecule has 2 aromatic rings. The van der Waals surface area contributed by atoms with Crippen LogP contribution in [0.4, 0.5) is 5.69 Å². The number of nitrogens with zero attached hydrogens (tertiary/aromatic N) is 3. The van der Waals surface area contributed by atoms with Gasteiger partial charge in [-0.2, -0.15) is 0 Å². The van der Waals surface area contributed by atoms with E-state index in [4.69, 9.17) is 0 Å². The normalized spacial score (nSPS) is 15.7. The molecule has 0 fully saturated rings. The van der Waals surface area contributed by atoms with Crippen LogP contribution in [0, 0.1) is 0 Å². The Labute approximate surface area is 160 Å². The van der Waals surface area contributed by atoms with Crippen molar-refractivity contribution >= 4 is 17.5 Å². The number of hydrogen-bond acceptors (Lipinski definition) is 4. The van der Waals surface area contributed by atoms with Crippen molar-refractivity contribution in [3.8, 4) is 0 Å². The van der Waals surface area contributed by atoms with Crippen molar-refractivity contribution in [2.75, 3.05) is 32.1 Å². The zero-order valence-corrected chi connectivity index (χ0v) is 16.1. The van der Waals surface area contributed by atoms with Crippen molar-refractivity contribution in [1.29, 1.82) is 0 Å². The van der Waals surface area contributed by atoms with E-state index in [2.05, 4.69) is 21.3 Å². The standard InChI is InChI=1S/C21H26N4O2/c1-15-13-16-7-4-5-8-19(16)25(15)21(27)17-9-11-22-18(14-17)20(26)23-10-6-12-24(2)3/h4-5,7-9,11,14-15H,6,10,12-13H2,1-3H3,(H,23,26). The average Bonchev–Trinajstić information content (AvgIpc) is 3.00. The van der Waals surface area contributed by atoms with Crippen molar-refractivity contribution in [2.24, 2.45) is 0 Å². The highest BCUT2D eigenvalue weighted by molar-refractivity contribution is 6.08. The monoisotopic (exact) mass is 366 g/mol. The summed E-state index contributed by atoms with van der Waals surface area (Å²) in [5.41, 5.74) is 2.87. The van der Waals surface area contributed by atoms with E-state index in [1.54, 1.807) is 12.1 Å². The van der Waals surface area contributed by atoms with E-state index in [9.17, 15) is 9.59 Å². The topological polar surface area (TPSA) is 65.5 Å². The van der Waals surface area contributed by atoms with Crippen LogP contribution in [-0.4, -0.2) is 54.9 Å². The van der Waals surface area contributed by atoms with Crippen LogP contribution in [0.25, 0.3) is 0 Å². The van der Waals surface area contributed by atoms with E-state index in [0.717, 1.165) is 25.1 Å².